The molecule has 4 heteroatoms. The standard InChI is InChI=1S/C13H17N3O/c1-16(2)9-8-15-13(17)12-5-3-4-11(10-12)6-7-14/h3-5,10H,6,8-9H2,1-2H3,(H,15,17). The van der Waals surface area contributed by atoms with Gasteiger partial charge in [0, 0.05) is 18.7 Å². The molecule has 90 valence electrons. The second kappa shape index (κ2) is 6.66. The number of nitrogens with one attached hydrogen (secondary N) is 1. The zero-order chi connectivity index (χ0) is 12.7. The topological polar surface area (TPSA) is 56.1 Å². The van der Waals surface area contributed by atoms with Crippen LogP contribution in [0, 0.1) is 11.3 Å². The molecule has 1 aromatic carbocycles. The number of rotatable bonds is 5. The average molecular weight is 231 g/mol. The van der Waals surface area contributed by atoms with Crippen LogP contribution in [0.1, 0.15) is 15.9 Å². The molecule has 0 aliphatic carbocycles. The molecule has 0 aliphatic heterocycles. The quantitative estimate of drug-likeness (QED) is 0.824. The van der Waals surface area contributed by atoms with E-state index in [9.17, 15) is 4.79 Å². The second-order valence-electron chi connectivity index (χ2n) is 4.09. The normalized spacial score (nSPS) is 10.0. The minimum Gasteiger partial charge on any atom is -0.351 e. The van der Waals surface area contributed by atoms with Gasteiger partial charge in [-0.1, -0.05) is 12.1 Å². The first-order valence-corrected chi connectivity index (χ1v) is 5.52. The third kappa shape index (κ3) is 4.66. The minimum atomic E-state index is -0.0911. The molecule has 1 rings (SSSR count). The van der Waals surface area contributed by atoms with Crippen molar-refractivity contribution in [1.82, 2.24) is 10.2 Å². The number of hydrogen-bond acceptors (Lipinski definition) is 3. The lowest BCUT2D eigenvalue weighted by molar-refractivity contribution is 0.0951. The highest BCUT2D eigenvalue weighted by atomic mass is 16.1. The van der Waals surface area contributed by atoms with E-state index in [1.165, 1.54) is 0 Å². The highest BCUT2D eigenvalue weighted by Gasteiger charge is 2.05. The van der Waals surface area contributed by atoms with Gasteiger partial charge < -0.3 is 10.2 Å². The summed E-state index contributed by atoms with van der Waals surface area (Å²) < 4.78 is 0. The second-order valence-corrected chi connectivity index (χ2v) is 4.09. The van der Waals surface area contributed by atoms with E-state index in [0.29, 0.717) is 18.5 Å². The van der Waals surface area contributed by atoms with Crippen molar-refractivity contribution < 1.29 is 4.79 Å². The van der Waals surface area contributed by atoms with Gasteiger partial charge in [0.2, 0.25) is 0 Å². The highest BCUT2D eigenvalue weighted by molar-refractivity contribution is 5.94. The molecule has 0 saturated carbocycles. The molecule has 4 nitrogen and oxygen atoms in total. The molecular formula is C13H17N3O. The van der Waals surface area contributed by atoms with Gasteiger partial charge in [0.05, 0.1) is 12.5 Å². The fourth-order valence-electron chi connectivity index (χ4n) is 1.41. The fourth-order valence-corrected chi connectivity index (χ4v) is 1.41. The van der Waals surface area contributed by atoms with Crippen LogP contribution in [-0.4, -0.2) is 38.0 Å². The van der Waals surface area contributed by atoms with Gasteiger partial charge in [-0.2, -0.15) is 5.26 Å². The summed E-state index contributed by atoms with van der Waals surface area (Å²) in [6.45, 7) is 1.43. The Morgan fingerprint density at radius 2 is 2.24 bits per heavy atom. The van der Waals surface area contributed by atoms with Crippen LogP contribution in [0.2, 0.25) is 0 Å². The Hall–Kier alpha value is -1.86. The molecule has 0 spiro atoms. The number of benzene rings is 1. The lowest BCUT2D eigenvalue weighted by Crippen LogP contribution is -2.31. The van der Waals surface area contributed by atoms with E-state index in [4.69, 9.17) is 5.26 Å². The molecule has 1 amide bonds. The van der Waals surface area contributed by atoms with Gasteiger partial charge in [-0.3, -0.25) is 4.79 Å². The summed E-state index contributed by atoms with van der Waals surface area (Å²) in [7, 11) is 3.92. The van der Waals surface area contributed by atoms with Gasteiger partial charge >= 0.3 is 0 Å². The number of likely N-dealkylation sites (N-methyl/N-ethyl adjacent to an activating group) is 1. The van der Waals surface area contributed by atoms with Crippen LogP contribution in [0.4, 0.5) is 0 Å². The van der Waals surface area contributed by atoms with Crippen LogP contribution in [-0.2, 0) is 6.42 Å². The molecule has 17 heavy (non-hydrogen) atoms. The summed E-state index contributed by atoms with van der Waals surface area (Å²) in [5.41, 5.74) is 1.48. The zero-order valence-corrected chi connectivity index (χ0v) is 10.2. The maximum absolute atomic E-state index is 11.8. The fraction of sp³-hybridized carbons (Fsp3) is 0.385. The molecule has 0 saturated heterocycles. The van der Waals surface area contributed by atoms with Crippen LogP contribution in [0.15, 0.2) is 24.3 Å². The first-order chi connectivity index (χ1) is 8.13. The van der Waals surface area contributed by atoms with Crippen molar-refractivity contribution in [3.8, 4) is 6.07 Å². The predicted octanol–water partition coefficient (Wildman–Crippen LogP) is 1.04. The van der Waals surface area contributed by atoms with E-state index >= 15 is 0 Å². The number of nitriles is 1. The molecule has 0 heterocycles. The summed E-state index contributed by atoms with van der Waals surface area (Å²) in [6.07, 6.45) is 0.332. The maximum atomic E-state index is 11.8. The average Bonchev–Trinajstić information content (AvgIpc) is 2.29. The van der Waals surface area contributed by atoms with Crippen LogP contribution < -0.4 is 5.32 Å². The number of amides is 1. The van der Waals surface area contributed by atoms with Crippen LogP contribution in [0.25, 0.3) is 0 Å². The Morgan fingerprint density at radius 1 is 1.47 bits per heavy atom. The number of carbonyl (C=O) groups excluding carboxylic acids is 1. The predicted molar refractivity (Wildman–Crippen MR) is 66.6 cm³/mol. The largest absolute Gasteiger partial charge is 0.351 e. The van der Waals surface area contributed by atoms with Crippen LogP contribution in [0.5, 0.6) is 0 Å². The van der Waals surface area contributed by atoms with Crippen molar-refractivity contribution in [1.29, 1.82) is 5.26 Å². The minimum absolute atomic E-state index is 0.0911. The Bertz CT molecular complexity index is 421. The van der Waals surface area contributed by atoms with Crippen molar-refractivity contribution in [2.75, 3.05) is 27.2 Å². The van der Waals surface area contributed by atoms with Crippen molar-refractivity contribution in [2.45, 2.75) is 6.42 Å². The van der Waals surface area contributed by atoms with Crippen LogP contribution in [0.3, 0.4) is 0 Å². The van der Waals surface area contributed by atoms with E-state index < -0.39 is 0 Å². The van der Waals surface area contributed by atoms with Crippen molar-refractivity contribution >= 4 is 5.91 Å². The van der Waals surface area contributed by atoms with Crippen LogP contribution >= 0.6 is 0 Å². The van der Waals surface area contributed by atoms with Gasteiger partial charge in [-0.15, -0.1) is 0 Å². The van der Waals surface area contributed by atoms with Gasteiger partial charge in [0.1, 0.15) is 0 Å². The molecule has 0 bridgehead atoms. The van der Waals surface area contributed by atoms with Gasteiger partial charge in [-0.25, -0.2) is 0 Å². The molecule has 1 N–H and O–H groups in total. The van der Waals surface area contributed by atoms with E-state index in [1.807, 2.05) is 25.1 Å². The summed E-state index contributed by atoms with van der Waals surface area (Å²) >= 11 is 0. The number of carbonyl (C=O) groups is 1. The summed E-state index contributed by atoms with van der Waals surface area (Å²) in [5.74, 6) is -0.0911. The number of nitrogens with zero attached hydrogens (tertiary/aromatic N) is 2. The summed E-state index contributed by atoms with van der Waals surface area (Å²) in [4.78, 5) is 13.8. The molecule has 0 unspecified atom stereocenters. The molecule has 0 aliphatic rings. The lowest BCUT2D eigenvalue weighted by atomic mass is 10.1. The first-order valence-electron chi connectivity index (χ1n) is 5.52. The summed E-state index contributed by atoms with van der Waals surface area (Å²) in [6, 6.07) is 9.23. The zero-order valence-electron chi connectivity index (χ0n) is 10.2. The maximum Gasteiger partial charge on any atom is 0.251 e. The third-order valence-corrected chi connectivity index (χ3v) is 2.32. The highest BCUT2D eigenvalue weighted by Crippen LogP contribution is 2.05. The van der Waals surface area contributed by atoms with Crippen molar-refractivity contribution in [3.63, 3.8) is 0 Å². The molecular weight excluding hydrogens is 214 g/mol. The lowest BCUT2D eigenvalue weighted by Gasteiger charge is -2.10. The molecule has 0 radical (unpaired) electrons. The van der Waals surface area contributed by atoms with Crippen molar-refractivity contribution in [2.24, 2.45) is 0 Å². The molecule has 0 fully saturated rings. The van der Waals surface area contributed by atoms with E-state index in [0.717, 1.165) is 12.1 Å². The van der Waals surface area contributed by atoms with E-state index in [1.54, 1.807) is 18.2 Å². The van der Waals surface area contributed by atoms with E-state index in [2.05, 4.69) is 11.4 Å². The monoisotopic (exact) mass is 231 g/mol. The first kappa shape index (κ1) is 13.2. The van der Waals surface area contributed by atoms with Crippen molar-refractivity contribution in [3.05, 3.63) is 35.4 Å². The molecule has 1 aromatic rings. The van der Waals surface area contributed by atoms with Gasteiger partial charge in [0.25, 0.3) is 5.91 Å². The summed E-state index contributed by atoms with van der Waals surface area (Å²) in [5, 5.41) is 11.4. The Morgan fingerprint density at radius 3 is 2.88 bits per heavy atom. The molecule has 0 aromatic heterocycles. The molecule has 0 atom stereocenters. The Labute approximate surface area is 102 Å². The number of hydrogen-bond donors (Lipinski definition) is 1. The Balaban J connectivity index is 2.57. The SMILES string of the molecule is CN(C)CCNC(=O)c1cccc(CC#N)c1. The van der Waals surface area contributed by atoms with Gasteiger partial charge in [0.15, 0.2) is 0 Å². The third-order valence-electron chi connectivity index (χ3n) is 2.32. The van der Waals surface area contributed by atoms with E-state index in [-0.39, 0.29) is 5.91 Å². The van der Waals surface area contributed by atoms with Gasteiger partial charge in [-0.05, 0) is 31.8 Å². The Kier molecular flexibility index (Phi) is 5.18. The smallest absolute Gasteiger partial charge is 0.251 e.